The molecule has 2 aromatic carbocycles. The van der Waals surface area contributed by atoms with Gasteiger partial charge in [0.25, 0.3) is 5.91 Å². The van der Waals surface area contributed by atoms with Gasteiger partial charge in [0.15, 0.2) is 0 Å². The molecule has 1 saturated heterocycles. The fourth-order valence-corrected chi connectivity index (χ4v) is 5.88. The Kier molecular flexibility index (Phi) is 7.11. The molecule has 0 unspecified atom stereocenters. The van der Waals surface area contributed by atoms with Gasteiger partial charge in [-0.25, -0.2) is 0 Å². The average molecular weight is 523 g/mol. The number of nitrogens with one attached hydrogen (secondary N) is 1. The molecule has 2 heterocycles. The molecule has 8 nitrogen and oxygen atoms in total. The van der Waals surface area contributed by atoms with Gasteiger partial charge in [-0.1, -0.05) is 59.3 Å². The van der Waals surface area contributed by atoms with Crippen LogP contribution >= 0.6 is 23.4 Å². The van der Waals surface area contributed by atoms with Crippen molar-refractivity contribution in [3.63, 3.8) is 0 Å². The van der Waals surface area contributed by atoms with Gasteiger partial charge in [0, 0.05) is 10.7 Å². The number of nitriles is 1. The zero-order valence-electron chi connectivity index (χ0n) is 19.8. The topological polar surface area (TPSA) is 126 Å². The Morgan fingerprint density at radius 1 is 1.25 bits per heavy atom. The molecule has 0 aromatic heterocycles. The van der Waals surface area contributed by atoms with Crippen LogP contribution in [-0.4, -0.2) is 35.0 Å². The van der Waals surface area contributed by atoms with Gasteiger partial charge in [0.1, 0.15) is 11.1 Å². The summed E-state index contributed by atoms with van der Waals surface area (Å²) in [7, 11) is 1.23. The van der Waals surface area contributed by atoms with E-state index in [1.807, 2.05) is 26.0 Å². The van der Waals surface area contributed by atoms with Crippen LogP contribution in [0.5, 0.6) is 0 Å². The van der Waals surface area contributed by atoms with Crippen LogP contribution in [0.15, 0.2) is 64.5 Å². The van der Waals surface area contributed by atoms with Gasteiger partial charge in [-0.3, -0.25) is 19.3 Å². The molecule has 0 aliphatic carbocycles. The molecule has 36 heavy (non-hydrogen) atoms. The number of nitrogens with zero attached hydrogens (tertiary/aromatic N) is 2. The Hall–Kier alpha value is -3.74. The molecular formula is C26H23ClN4O4S. The zero-order chi connectivity index (χ0) is 26.1. The summed E-state index contributed by atoms with van der Waals surface area (Å²) >= 11 is 7.56. The van der Waals surface area contributed by atoms with Gasteiger partial charge in [-0.05, 0) is 37.1 Å². The van der Waals surface area contributed by atoms with Crippen molar-refractivity contribution in [3.8, 4) is 6.07 Å². The number of halogens is 1. The highest BCUT2D eigenvalue weighted by Crippen LogP contribution is 2.51. The van der Waals surface area contributed by atoms with Crippen molar-refractivity contribution >= 4 is 46.8 Å². The van der Waals surface area contributed by atoms with Gasteiger partial charge < -0.3 is 15.8 Å². The Balaban J connectivity index is 1.90. The standard InChI is InChI=1S/C26H23ClN4O4S/c1-13-8-9-18(14(2)10-13)30-24(33)22-21(15-6-4-5-7-17(15)27)16(12-28)23(29)31-25(34)19(36-26(22)31)11-20(32)35-3/h4-10,19,21H,11,29H2,1-3H3,(H,30,33)/t19-,21-/m0/s1. The number of amides is 2. The van der Waals surface area contributed by atoms with Crippen LogP contribution in [0.25, 0.3) is 0 Å². The number of ether oxygens (including phenoxy) is 1. The van der Waals surface area contributed by atoms with E-state index < -0.39 is 29.0 Å². The third-order valence-corrected chi connectivity index (χ3v) is 7.69. The summed E-state index contributed by atoms with van der Waals surface area (Å²) in [5, 5.41) is 12.8. The Morgan fingerprint density at radius 3 is 2.61 bits per heavy atom. The lowest BCUT2D eigenvalue weighted by Crippen LogP contribution is -2.39. The number of anilines is 1. The van der Waals surface area contributed by atoms with Crippen LogP contribution in [0.4, 0.5) is 5.69 Å². The van der Waals surface area contributed by atoms with E-state index in [0.29, 0.717) is 16.3 Å². The highest BCUT2D eigenvalue weighted by atomic mass is 35.5. The van der Waals surface area contributed by atoms with Gasteiger partial charge in [0.2, 0.25) is 5.91 Å². The van der Waals surface area contributed by atoms with Gasteiger partial charge in [0.05, 0.1) is 41.7 Å². The van der Waals surface area contributed by atoms with E-state index in [-0.39, 0.29) is 28.4 Å². The molecule has 2 aliphatic heterocycles. The first-order valence-electron chi connectivity index (χ1n) is 11.0. The second kappa shape index (κ2) is 10.1. The van der Waals surface area contributed by atoms with E-state index in [9.17, 15) is 19.6 Å². The van der Waals surface area contributed by atoms with Crippen LogP contribution < -0.4 is 11.1 Å². The van der Waals surface area contributed by atoms with E-state index in [0.717, 1.165) is 27.8 Å². The summed E-state index contributed by atoms with van der Waals surface area (Å²) in [6.07, 6.45) is -0.210. The van der Waals surface area contributed by atoms with E-state index in [2.05, 4.69) is 11.4 Å². The lowest BCUT2D eigenvalue weighted by Gasteiger charge is -2.32. The number of nitrogens with two attached hydrogens (primary N) is 1. The number of hydrogen-bond donors (Lipinski definition) is 2. The second-order valence-corrected chi connectivity index (χ2v) is 10.0. The summed E-state index contributed by atoms with van der Waals surface area (Å²) in [6, 6.07) is 14.5. The third kappa shape index (κ3) is 4.45. The first kappa shape index (κ1) is 25.4. The number of aryl methyl sites for hydroxylation is 2. The molecule has 0 radical (unpaired) electrons. The van der Waals surface area contributed by atoms with E-state index in [1.54, 1.807) is 30.3 Å². The van der Waals surface area contributed by atoms with E-state index >= 15 is 0 Å². The van der Waals surface area contributed by atoms with E-state index in [4.69, 9.17) is 22.1 Å². The van der Waals surface area contributed by atoms with Crippen molar-refractivity contribution < 1.29 is 19.1 Å². The summed E-state index contributed by atoms with van der Waals surface area (Å²) in [6.45, 7) is 3.82. The number of rotatable bonds is 5. The number of esters is 1. The molecule has 2 atom stereocenters. The summed E-state index contributed by atoms with van der Waals surface area (Å²) in [5.41, 5.74) is 9.50. The summed E-state index contributed by atoms with van der Waals surface area (Å²) in [5.74, 6) is -2.59. The number of carbonyl (C=O) groups is 3. The highest BCUT2D eigenvalue weighted by molar-refractivity contribution is 8.04. The van der Waals surface area contributed by atoms with Crippen molar-refractivity contribution in [2.75, 3.05) is 12.4 Å². The monoisotopic (exact) mass is 522 g/mol. The smallest absolute Gasteiger partial charge is 0.307 e. The number of thioether (sulfide) groups is 1. The predicted molar refractivity (Wildman–Crippen MR) is 137 cm³/mol. The SMILES string of the molecule is COC(=O)C[C@@H]1SC2=C(C(=O)Nc3ccc(C)cc3C)[C@@H](c3ccccc3Cl)C(C#N)=C(N)N2C1=O. The quantitative estimate of drug-likeness (QED) is 0.566. The molecule has 0 bridgehead atoms. The summed E-state index contributed by atoms with van der Waals surface area (Å²) < 4.78 is 4.73. The summed E-state index contributed by atoms with van der Waals surface area (Å²) in [4.78, 5) is 40.3. The molecule has 4 rings (SSSR count). The van der Waals surface area contributed by atoms with Gasteiger partial charge in [-0.2, -0.15) is 5.26 Å². The molecule has 2 aliphatic rings. The molecule has 2 aromatic rings. The largest absolute Gasteiger partial charge is 0.469 e. The molecule has 2 amide bonds. The van der Waals surface area contributed by atoms with Crippen molar-refractivity contribution in [1.29, 1.82) is 5.26 Å². The maximum Gasteiger partial charge on any atom is 0.307 e. The lowest BCUT2D eigenvalue weighted by molar-refractivity contribution is -0.142. The minimum Gasteiger partial charge on any atom is -0.469 e. The van der Waals surface area contributed by atoms with Gasteiger partial charge >= 0.3 is 5.97 Å². The molecule has 1 fully saturated rings. The van der Waals surface area contributed by atoms with Crippen LogP contribution in [0, 0.1) is 25.2 Å². The van der Waals surface area contributed by atoms with Crippen molar-refractivity contribution in [2.45, 2.75) is 31.4 Å². The first-order chi connectivity index (χ1) is 17.2. The number of fused-ring (bicyclic) bond motifs is 1. The molecule has 10 heteroatoms. The lowest BCUT2D eigenvalue weighted by atomic mass is 9.82. The number of allylic oxidation sites excluding steroid dienone is 1. The molecule has 3 N–H and O–H groups in total. The zero-order valence-corrected chi connectivity index (χ0v) is 21.4. The fourth-order valence-electron chi connectivity index (χ4n) is 4.31. The molecular weight excluding hydrogens is 500 g/mol. The maximum atomic E-state index is 13.9. The molecule has 184 valence electrons. The highest BCUT2D eigenvalue weighted by Gasteiger charge is 2.49. The molecule has 0 saturated carbocycles. The first-order valence-corrected chi connectivity index (χ1v) is 12.3. The number of hydrogen-bond acceptors (Lipinski definition) is 7. The second-order valence-electron chi connectivity index (χ2n) is 8.42. The minimum atomic E-state index is -0.919. The normalized spacial score (nSPS) is 19.2. The van der Waals surface area contributed by atoms with Crippen molar-refractivity contribution in [2.24, 2.45) is 5.73 Å². The van der Waals surface area contributed by atoms with E-state index in [1.165, 1.54) is 7.11 Å². The number of carbonyl (C=O) groups excluding carboxylic acids is 3. The van der Waals surface area contributed by atoms with Gasteiger partial charge in [-0.15, -0.1) is 0 Å². The Morgan fingerprint density at radius 2 is 1.97 bits per heavy atom. The van der Waals surface area contributed by atoms with Crippen molar-refractivity contribution in [1.82, 2.24) is 4.90 Å². The minimum absolute atomic E-state index is 0.0188. The predicted octanol–water partition coefficient (Wildman–Crippen LogP) is 4.11. The van der Waals surface area contributed by atoms with Crippen LogP contribution in [0.1, 0.15) is 29.0 Å². The maximum absolute atomic E-state index is 13.9. The van der Waals surface area contributed by atoms with Crippen LogP contribution in [0.3, 0.4) is 0 Å². The average Bonchev–Trinajstić information content (AvgIpc) is 3.16. The van der Waals surface area contributed by atoms with Crippen LogP contribution in [0.2, 0.25) is 5.02 Å². The Labute approximate surface area is 217 Å². The number of methoxy groups -OCH3 is 1. The third-order valence-electron chi connectivity index (χ3n) is 6.07. The molecule has 0 spiro atoms. The van der Waals surface area contributed by atoms with Crippen LogP contribution in [-0.2, 0) is 19.1 Å². The fraction of sp³-hybridized carbons (Fsp3) is 0.231. The van der Waals surface area contributed by atoms with Crippen molar-refractivity contribution in [3.05, 3.63) is 86.2 Å². The number of benzene rings is 2. The Bertz CT molecular complexity index is 1390.